The molecule has 0 atom stereocenters. The van der Waals surface area contributed by atoms with Gasteiger partial charge in [0.05, 0.1) is 24.9 Å². The highest BCUT2D eigenvalue weighted by Gasteiger charge is 2.12. The smallest absolute Gasteiger partial charge is 0.230 e. The summed E-state index contributed by atoms with van der Waals surface area (Å²) >= 11 is 0. The van der Waals surface area contributed by atoms with Crippen molar-refractivity contribution >= 4 is 23.2 Å². The number of methoxy groups -OCH3 is 1. The number of oxazole rings is 1. The number of anilines is 2. The van der Waals surface area contributed by atoms with Gasteiger partial charge in [-0.2, -0.15) is 0 Å². The summed E-state index contributed by atoms with van der Waals surface area (Å²) in [7, 11) is 1.51. The average Bonchev–Trinajstić information content (AvgIpc) is 3.10. The summed E-state index contributed by atoms with van der Waals surface area (Å²) in [5, 5.41) is 5.44. The maximum atomic E-state index is 12.3. The second-order valence-corrected chi connectivity index (χ2v) is 5.83. The number of benzene rings is 2. The first-order valence-electron chi connectivity index (χ1n) is 8.30. The Hall–Kier alpha value is -3.61. The molecule has 3 rings (SSSR count). The molecule has 0 fully saturated rings. The van der Waals surface area contributed by atoms with Gasteiger partial charge in [-0.25, -0.2) is 4.98 Å². The number of nitrogens with zero attached hydrogens (tertiary/aromatic N) is 1. The number of amides is 2. The molecule has 0 aliphatic heterocycles. The second-order valence-electron chi connectivity index (χ2n) is 5.83. The molecule has 0 spiro atoms. The highest BCUT2D eigenvalue weighted by molar-refractivity contribution is 5.95. The molecule has 0 aliphatic carbocycles. The van der Waals surface area contributed by atoms with Gasteiger partial charge in [-0.3, -0.25) is 9.59 Å². The van der Waals surface area contributed by atoms with Crippen LogP contribution in [-0.2, 0) is 16.0 Å². The molecule has 0 saturated carbocycles. The van der Waals surface area contributed by atoms with Gasteiger partial charge in [0.1, 0.15) is 12.0 Å². The van der Waals surface area contributed by atoms with Crippen LogP contribution in [0.15, 0.2) is 59.2 Å². The zero-order valence-electron chi connectivity index (χ0n) is 15.0. The average molecular weight is 365 g/mol. The molecule has 0 aliphatic rings. The van der Waals surface area contributed by atoms with Crippen molar-refractivity contribution in [1.29, 1.82) is 0 Å². The number of hydrogen-bond acceptors (Lipinski definition) is 5. The Bertz CT molecular complexity index is 951. The van der Waals surface area contributed by atoms with Crippen LogP contribution < -0.4 is 15.4 Å². The van der Waals surface area contributed by atoms with Crippen molar-refractivity contribution in [3.63, 3.8) is 0 Å². The van der Waals surface area contributed by atoms with Crippen molar-refractivity contribution in [2.24, 2.45) is 0 Å². The Kier molecular flexibility index (Phi) is 5.51. The third-order valence-electron chi connectivity index (χ3n) is 3.71. The summed E-state index contributed by atoms with van der Waals surface area (Å²) < 4.78 is 10.6. The molecule has 7 nitrogen and oxygen atoms in total. The molecular weight excluding hydrogens is 346 g/mol. The van der Waals surface area contributed by atoms with E-state index >= 15 is 0 Å². The van der Waals surface area contributed by atoms with Crippen molar-refractivity contribution < 1.29 is 18.7 Å². The molecule has 0 unspecified atom stereocenters. The zero-order chi connectivity index (χ0) is 19.2. The van der Waals surface area contributed by atoms with Crippen molar-refractivity contribution in [1.82, 2.24) is 4.98 Å². The van der Waals surface area contributed by atoms with Crippen LogP contribution in [-0.4, -0.2) is 23.9 Å². The third kappa shape index (κ3) is 4.72. The van der Waals surface area contributed by atoms with Crippen LogP contribution in [0.5, 0.6) is 5.75 Å². The number of nitrogens with one attached hydrogen (secondary N) is 2. The number of carbonyl (C=O) groups is 2. The van der Waals surface area contributed by atoms with Gasteiger partial charge in [0.15, 0.2) is 0 Å². The first kappa shape index (κ1) is 18.2. The molecule has 0 saturated heterocycles. The van der Waals surface area contributed by atoms with E-state index in [9.17, 15) is 9.59 Å². The minimum Gasteiger partial charge on any atom is -0.495 e. The van der Waals surface area contributed by atoms with E-state index in [-0.39, 0.29) is 18.2 Å². The van der Waals surface area contributed by atoms with Gasteiger partial charge in [-0.05, 0) is 30.3 Å². The summed E-state index contributed by atoms with van der Waals surface area (Å²) in [6, 6.07) is 14.5. The van der Waals surface area contributed by atoms with E-state index < -0.39 is 0 Å². The van der Waals surface area contributed by atoms with Gasteiger partial charge < -0.3 is 19.8 Å². The second kappa shape index (κ2) is 8.18. The molecule has 1 aromatic heterocycles. The number of carbonyl (C=O) groups excluding carboxylic acids is 2. The van der Waals surface area contributed by atoms with Crippen LogP contribution in [0.1, 0.15) is 12.6 Å². The predicted octanol–water partition coefficient (Wildman–Crippen LogP) is 3.49. The van der Waals surface area contributed by atoms with Crippen LogP contribution in [0.25, 0.3) is 11.5 Å². The molecule has 0 radical (unpaired) electrons. The lowest BCUT2D eigenvalue weighted by Crippen LogP contribution is -2.15. The SMILES string of the molecule is COc1ccc(NC(=O)Cc2coc(-c3ccccc3)n2)cc1NC(C)=O. The molecular formula is C20H19N3O4. The maximum absolute atomic E-state index is 12.3. The van der Waals surface area contributed by atoms with Crippen LogP contribution in [0, 0.1) is 0 Å². The zero-order valence-corrected chi connectivity index (χ0v) is 15.0. The Morgan fingerprint density at radius 2 is 1.89 bits per heavy atom. The summed E-state index contributed by atoms with van der Waals surface area (Å²) in [4.78, 5) is 27.9. The van der Waals surface area contributed by atoms with Gasteiger partial charge in [0, 0.05) is 18.2 Å². The largest absolute Gasteiger partial charge is 0.495 e. The molecule has 0 bridgehead atoms. The van der Waals surface area contributed by atoms with Gasteiger partial charge in [-0.15, -0.1) is 0 Å². The van der Waals surface area contributed by atoms with E-state index in [2.05, 4.69) is 15.6 Å². The lowest BCUT2D eigenvalue weighted by molar-refractivity contribution is -0.116. The Morgan fingerprint density at radius 1 is 1.11 bits per heavy atom. The Labute approximate surface area is 156 Å². The first-order valence-corrected chi connectivity index (χ1v) is 8.30. The standard InChI is InChI=1S/C20H19N3O4/c1-13(24)21-17-10-15(8-9-18(17)26-2)22-19(25)11-16-12-27-20(23-16)14-6-4-3-5-7-14/h3-10,12H,11H2,1-2H3,(H,21,24)(H,22,25). The Balaban J connectivity index is 1.67. The van der Waals surface area contributed by atoms with E-state index in [4.69, 9.17) is 9.15 Å². The van der Waals surface area contributed by atoms with Crippen molar-refractivity contribution in [2.75, 3.05) is 17.7 Å². The fraction of sp³-hybridized carbons (Fsp3) is 0.150. The minimum atomic E-state index is -0.248. The van der Waals surface area contributed by atoms with Crippen molar-refractivity contribution in [3.8, 4) is 17.2 Å². The van der Waals surface area contributed by atoms with E-state index in [0.29, 0.717) is 28.7 Å². The number of ether oxygens (including phenoxy) is 1. The minimum absolute atomic E-state index is 0.0673. The van der Waals surface area contributed by atoms with Gasteiger partial charge in [0.2, 0.25) is 17.7 Å². The molecule has 2 N–H and O–H groups in total. The molecule has 2 aromatic carbocycles. The van der Waals surface area contributed by atoms with Gasteiger partial charge in [0.25, 0.3) is 0 Å². The summed E-state index contributed by atoms with van der Waals surface area (Å²) in [5.41, 5.74) is 2.40. The number of hydrogen-bond donors (Lipinski definition) is 2. The normalized spacial score (nSPS) is 10.3. The number of rotatable bonds is 6. The quantitative estimate of drug-likeness (QED) is 0.697. The fourth-order valence-electron chi connectivity index (χ4n) is 2.54. The predicted molar refractivity (Wildman–Crippen MR) is 102 cm³/mol. The van der Waals surface area contributed by atoms with Crippen LogP contribution in [0.3, 0.4) is 0 Å². The number of aromatic nitrogens is 1. The molecule has 7 heteroatoms. The van der Waals surface area contributed by atoms with Crippen molar-refractivity contribution in [3.05, 3.63) is 60.5 Å². The van der Waals surface area contributed by atoms with Crippen LogP contribution in [0.4, 0.5) is 11.4 Å². The summed E-state index contributed by atoms with van der Waals surface area (Å²) in [6.45, 7) is 1.40. The van der Waals surface area contributed by atoms with E-state index in [1.165, 1.54) is 20.3 Å². The van der Waals surface area contributed by atoms with Gasteiger partial charge >= 0.3 is 0 Å². The Morgan fingerprint density at radius 3 is 2.59 bits per heavy atom. The summed E-state index contributed by atoms with van der Waals surface area (Å²) in [5.74, 6) is 0.498. The molecule has 2 amide bonds. The topological polar surface area (TPSA) is 93.5 Å². The van der Waals surface area contributed by atoms with E-state index in [0.717, 1.165) is 5.56 Å². The lowest BCUT2D eigenvalue weighted by Gasteiger charge is -2.11. The molecule has 27 heavy (non-hydrogen) atoms. The van der Waals surface area contributed by atoms with Crippen LogP contribution >= 0.6 is 0 Å². The molecule has 1 heterocycles. The van der Waals surface area contributed by atoms with E-state index in [1.807, 2.05) is 30.3 Å². The first-order chi connectivity index (χ1) is 13.0. The highest BCUT2D eigenvalue weighted by Crippen LogP contribution is 2.28. The lowest BCUT2D eigenvalue weighted by atomic mass is 10.2. The van der Waals surface area contributed by atoms with Crippen LogP contribution in [0.2, 0.25) is 0 Å². The third-order valence-corrected chi connectivity index (χ3v) is 3.71. The molecule has 138 valence electrons. The molecule has 3 aromatic rings. The highest BCUT2D eigenvalue weighted by atomic mass is 16.5. The van der Waals surface area contributed by atoms with E-state index in [1.54, 1.807) is 18.2 Å². The monoisotopic (exact) mass is 365 g/mol. The summed E-state index contributed by atoms with van der Waals surface area (Å²) in [6.07, 6.45) is 1.54. The maximum Gasteiger partial charge on any atom is 0.230 e. The van der Waals surface area contributed by atoms with Gasteiger partial charge in [-0.1, -0.05) is 18.2 Å². The fourth-order valence-corrected chi connectivity index (χ4v) is 2.54. The van der Waals surface area contributed by atoms with Crippen molar-refractivity contribution in [2.45, 2.75) is 13.3 Å².